The highest BCUT2D eigenvalue weighted by atomic mass is 15.2. The Labute approximate surface area is 97.1 Å². The molecule has 2 heterocycles. The Morgan fingerprint density at radius 2 is 2.25 bits per heavy atom. The third-order valence-electron chi connectivity index (χ3n) is 3.21. The van der Waals surface area contributed by atoms with Gasteiger partial charge in [0.15, 0.2) is 0 Å². The summed E-state index contributed by atoms with van der Waals surface area (Å²) < 4.78 is 0. The van der Waals surface area contributed by atoms with Crippen molar-refractivity contribution in [1.29, 1.82) is 0 Å². The van der Waals surface area contributed by atoms with Crippen LogP contribution in [-0.2, 0) is 6.54 Å². The van der Waals surface area contributed by atoms with E-state index in [1.807, 2.05) is 12.4 Å². The first-order valence-corrected chi connectivity index (χ1v) is 6.05. The molecule has 1 unspecified atom stereocenters. The standard InChI is InChI=1S/C12H20N4/c1-11-3-2-5-16(11)6-4-13-7-12-8-14-10-15-9-12/h8-11,13H,2-7H2,1H3. The Morgan fingerprint density at radius 1 is 1.44 bits per heavy atom. The van der Waals surface area contributed by atoms with E-state index in [2.05, 4.69) is 27.1 Å². The van der Waals surface area contributed by atoms with Gasteiger partial charge in [0.2, 0.25) is 0 Å². The van der Waals surface area contributed by atoms with Gasteiger partial charge in [-0.2, -0.15) is 0 Å². The largest absolute Gasteiger partial charge is 0.311 e. The van der Waals surface area contributed by atoms with Crippen LogP contribution in [-0.4, -0.2) is 40.5 Å². The van der Waals surface area contributed by atoms with Crippen molar-refractivity contribution in [2.24, 2.45) is 0 Å². The highest BCUT2D eigenvalue weighted by Crippen LogP contribution is 2.14. The predicted octanol–water partition coefficient (Wildman–Crippen LogP) is 1.05. The molecule has 88 valence electrons. The second-order valence-electron chi connectivity index (χ2n) is 4.45. The molecule has 1 aliphatic rings. The van der Waals surface area contributed by atoms with Crippen LogP contribution in [0.1, 0.15) is 25.3 Å². The summed E-state index contributed by atoms with van der Waals surface area (Å²) in [5, 5.41) is 3.43. The summed E-state index contributed by atoms with van der Waals surface area (Å²) in [6.45, 7) is 6.63. The normalized spacial score (nSPS) is 21.4. The van der Waals surface area contributed by atoms with Gasteiger partial charge in [-0.05, 0) is 26.3 Å². The summed E-state index contributed by atoms with van der Waals surface area (Å²) >= 11 is 0. The van der Waals surface area contributed by atoms with Crippen LogP contribution in [0.15, 0.2) is 18.7 Å². The Kier molecular flexibility index (Phi) is 4.25. The van der Waals surface area contributed by atoms with Crippen LogP contribution in [0.2, 0.25) is 0 Å². The molecule has 16 heavy (non-hydrogen) atoms. The van der Waals surface area contributed by atoms with Crippen molar-refractivity contribution in [2.75, 3.05) is 19.6 Å². The van der Waals surface area contributed by atoms with Gasteiger partial charge in [0.1, 0.15) is 6.33 Å². The van der Waals surface area contributed by atoms with Crippen LogP contribution in [0.25, 0.3) is 0 Å². The molecule has 1 N–H and O–H groups in total. The van der Waals surface area contributed by atoms with Gasteiger partial charge in [0, 0.05) is 43.6 Å². The number of hydrogen-bond donors (Lipinski definition) is 1. The van der Waals surface area contributed by atoms with Crippen LogP contribution in [0, 0.1) is 0 Å². The highest BCUT2D eigenvalue weighted by molar-refractivity contribution is 5.01. The van der Waals surface area contributed by atoms with Crippen molar-refractivity contribution in [3.8, 4) is 0 Å². The van der Waals surface area contributed by atoms with E-state index in [9.17, 15) is 0 Å². The molecule has 0 saturated carbocycles. The molecule has 1 aromatic heterocycles. The lowest BCUT2D eigenvalue weighted by atomic mass is 10.2. The SMILES string of the molecule is CC1CCCN1CCNCc1cncnc1. The third kappa shape index (κ3) is 3.25. The van der Waals surface area contributed by atoms with E-state index in [4.69, 9.17) is 0 Å². The molecule has 0 amide bonds. The second kappa shape index (κ2) is 5.92. The summed E-state index contributed by atoms with van der Waals surface area (Å²) in [6, 6.07) is 0.766. The van der Waals surface area contributed by atoms with E-state index in [1.54, 1.807) is 6.33 Å². The first-order valence-electron chi connectivity index (χ1n) is 6.05. The van der Waals surface area contributed by atoms with E-state index >= 15 is 0 Å². The molecule has 4 heteroatoms. The quantitative estimate of drug-likeness (QED) is 0.753. The summed E-state index contributed by atoms with van der Waals surface area (Å²) in [4.78, 5) is 10.5. The van der Waals surface area contributed by atoms with Gasteiger partial charge in [-0.15, -0.1) is 0 Å². The molecule has 2 rings (SSSR count). The number of hydrogen-bond acceptors (Lipinski definition) is 4. The zero-order chi connectivity index (χ0) is 11.2. The monoisotopic (exact) mass is 220 g/mol. The molecular formula is C12H20N4. The van der Waals surface area contributed by atoms with Gasteiger partial charge in [0.05, 0.1) is 0 Å². The molecular weight excluding hydrogens is 200 g/mol. The average Bonchev–Trinajstić information content (AvgIpc) is 2.72. The zero-order valence-electron chi connectivity index (χ0n) is 9.89. The fraction of sp³-hybridized carbons (Fsp3) is 0.667. The van der Waals surface area contributed by atoms with Crippen molar-refractivity contribution >= 4 is 0 Å². The summed E-state index contributed by atoms with van der Waals surface area (Å²) in [5.74, 6) is 0. The second-order valence-corrected chi connectivity index (χ2v) is 4.45. The number of aromatic nitrogens is 2. The molecule has 0 aromatic carbocycles. The molecule has 0 radical (unpaired) electrons. The van der Waals surface area contributed by atoms with E-state index in [1.165, 1.54) is 19.4 Å². The van der Waals surface area contributed by atoms with Crippen LogP contribution in [0.4, 0.5) is 0 Å². The Balaban J connectivity index is 1.62. The molecule has 0 aliphatic carbocycles. The Morgan fingerprint density at radius 3 is 2.94 bits per heavy atom. The zero-order valence-corrected chi connectivity index (χ0v) is 9.89. The smallest absolute Gasteiger partial charge is 0.115 e. The van der Waals surface area contributed by atoms with E-state index < -0.39 is 0 Å². The number of likely N-dealkylation sites (tertiary alicyclic amines) is 1. The van der Waals surface area contributed by atoms with Gasteiger partial charge in [-0.25, -0.2) is 9.97 Å². The van der Waals surface area contributed by atoms with Crippen molar-refractivity contribution in [3.63, 3.8) is 0 Å². The van der Waals surface area contributed by atoms with Crippen LogP contribution in [0.3, 0.4) is 0 Å². The Hall–Kier alpha value is -1.00. The molecule has 4 nitrogen and oxygen atoms in total. The molecule has 1 aromatic rings. The van der Waals surface area contributed by atoms with Gasteiger partial charge < -0.3 is 5.32 Å². The molecule has 0 bridgehead atoms. The first-order chi connectivity index (χ1) is 7.86. The molecule has 0 spiro atoms. The number of rotatable bonds is 5. The minimum atomic E-state index is 0.766. The predicted molar refractivity (Wildman–Crippen MR) is 64.0 cm³/mol. The topological polar surface area (TPSA) is 41.0 Å². The lowest BCUT2D eigenvalue weighted by molar-refractivity contribution is 0.268. The van der Waals surface area contributed by atoms with Crippen LogP contribution >= 0.6 is 0 Å². The molecule has 1 atom stereocenters. The lowest BCUT2D eigenvalue weighted by Gasteiger charge is -2.20. The fourth-order valence-corrected chi connectivity index (χ4v) is 2.20. The minimum absolute atomic E-state index is 0.766. The van der Waals surface area contributed by atoms with Crippen molar-refractivity contribution in [3.05, 3.63) is 24.3 Å². The lowest BCUT2D eigenvalue weighted by Crippen LogP contribution is -2.34. The molecule has 1 aliphatic heterocycles. The number of nitrogens with one attached hydrogen (secondary N) is 1. The van der Waals surface area contributed by atoms with Gasteiger partial charge in [-0.3, -0.25) is 4.90 Å². The van der Waals surface area contributed by atoms with Gasteiger partial charge >= 0.3 is 0 Å². The first kappa shape index (κ1) is 11.5. The van der Waals surface area contributed by atoms with E-state index in [0.717, 1.165) is 31.2 Å². The minimum Gasteiger partial charge on any atom is -0.311 e. The summed E-state index contributed by atoms with van der Waals surface area (Å²) in [5.41, 5.74) is 1.15. The Bertz CT molecular complexity index is 301. The summed E-state index contributed by atoms with van der Waals surface area (Å²) in [7, 11) is 0. The van der Waals surface area contributed by atoms with Gasteiger partial charge in [0.25, 0.3) is 0 Å². The van der Waals surface area contributed by atoms with Crippen molar-refractivity contribution in [2.45, 2.75) is 32.4 Å². The van der Waals surface area contributed by atoms with E-state index in [-0.39, 0.29) is 0 Å². The fourth-order valence-electron chi connectivity index (χ4n) is 2.20. The van der Waals surface area contributed by atoms with Crippen LogP contribution < -0.4 is 5.32 Å². The van der Waals surface area contributed by atoms with Gasteiger partial charge in [-0.1, -0.05) is 0 Å². The molecule has 1 saturated heterocycles. The summed E-state index contributed by atoms with van der Waals surface area (Å²) in [6.07, 6.45) is 7.99. The van der Waals surface area contributed by atoms with Crippen molar-refractivity contribution < 1.29 is 0 Å². The maximum absolute atomic E-state index is 3.99. The molecule has 1 fully saturated rings. The number of nitrogens with zero attached hydrogens (tertiary/aromatic N) is 3. The van der Waals surface area contributed by atoms with E-state index in [0.29, 0.717) is 0 Å². The highest BCUT2D eigenvalue weighted by Gasteiger charge is 2.18. The van der Waals surface area contributed by atoms with Crippen LogP contribution in [0.5, 0.6) is 0 Å². The maximum atomic E-state index is 3.99. The maximum Gasteiger partial charge on any atom is 0.115 e. The van der Waals surface area contributed by atoms with Crippen molar-refractivity contribution in [1.82, 2.24) is 20.2 Å². The third-order valence-corrected chi connectivity index (χ3v) is 3.21. The average molecular weight is 220 g/mol.